The van der Waals surface area contributed by atoms with Gasteiger partial charge in [0.25, 0.3) is 5.56 Å². The van der Waals surface area contributed by atoms with E-state index in [9.17, 15) is 4.79 Å². The number of fused-ring (bicyclic) bond motifs is 2. The number of nitrogens with zero attached hydrogens (tertiary/aromatic N) is 2. The normalized spacial score (nSPS) is 13.3. The number of hydrogen-bond donors (Lipinski definition) is 0. The molecule has 0 radical (unpaired) electrons. The zero-order chi connectivity index (χ0) is 15.1. The first-order chi connectivity index (χ1) is 10.7. The summed E-state index contributed by atoms with van der Waals surface area (Å²) >= 11 is 0. The van der Waals surface area contributed by atoms with Gasteiger partial charge in [-0.15, -0.1) is 0 Å². The highest BCUT2D eigenvalue weighted by atomic mass is 16.6. The maximum atomic E-state index is 12.8. The first-order valence-corrected chi connectivity index (χ1v) is 7.12. The van der Waals surface area contributed by atoms with Crippen LogP contribution in [0.2, 0.25) is 0 Å². The Balaban J connectivity index is 1.96. The van der Waals surface area contributed by atoms with E-state index in [0.29, 0.717) is 41.4 Å². The Labute approximate surface area is 126 Å². The maximum absolute atomic E-state index is 12.8. The second-order valence-corrected chi connectivity index (χ2v) is 5.14. The molecule has 2 aromatic carbocycles. The van der Waals surface area contributed by atoms with Crippen LogP contribution in [-0.2, 0) is 0 Å². The number of aromatic nitrogens is 2. The van der Waals surface area contributed by atoms with Gasteiger partial charge in [0.1, 0.15) is 19.0 Å². The Morgan fingerprint density at radius 2 is 1.82 bits per heavy atom. The van der Waals surface area contributed by atoms with Crippen LogP contribution in [0.3, 0.4) is 0 Å². The predicted octanol–water partition coefficient (Wildman–Crippen LogP) is 2.47. The van der Waals surface area contributed by atoms with E-state index in [1.165, 1.54) is 0 Å². The van der Waals surface area contributed by atoms with E-state index in [1.807, 2.05) is 43.3 Å². The van der Waals surface area contributed by atoms with Crippen LogP contribution < -0.4 is 15.0 Å². The van der Waals surface area contributed by atoms with Crippen molar-refractivity contribution < 1.29 is 9.47 Å². The molecule has 5 heteroatoms. The fourth-order valence-electron chi connectivity index (χ4n) is 2.72. The summed E-state index contributed by atoms with van der Waals surface area (Å²) in [7, 11) is 0. The summed E-state index contributed by atoms with van der Waals surface area (Å²) in [6.45, 7) is 2.88. The SMILES string of the molecule is Cc1nc2ccccc2c(=O)n1-c1ccc2c(c1)OCCO2. The molecule has 1 aromatic heterocycles. The lowest BCUT2D eigenvalue weighted by atomic mass is 10.2. The van der Waals surface area contributed by atoms with Gasteiger partial charge in [0.15, 0.2) is 11.5 Å². The number of para-hydroxylation sites is 1. The molecule has 22 heavy (non-hydrogen) atoms. The Morgan fingerprint density at radius 1 is 1.05 bits per heavy atom. The molecule has 1 aliphatic rings. The predicted molar refractivity (Wildman–Crippen MR) is 83.1 cm³/mol. The Hall–Kier alpha value is -2.82. The first-order valence-electron chi connectivity index (χ1n) is 7.12. The van der Waals surface area contributed by atoms with E-state index in [1.54, 1.807) is 10.6 Å². The average Bonchev–Trinajstić information content (AvgIpc) is 2.55. The summed E-state index contributed by atoms with van der Waals surface area (Å²) in [5.41, 5.74) is 1.35. The fourth-order valence-corrected chi connectivity index (χ4v) is 2.72. The van der Waals surface area contributed by atoms with E-state index in [4.69, 9.17) is 9.47 Å². The molecular formula is C17H14N2O3. The molecule has 0 amide bonds. The topological polar surface area (TPSA) is 53.4 Å². The van der Waals surface area contributed by atoms with Crippen molar-refractivity contribution in [3.8, 4) is 17.2 Å². The van der Waals surface area contributed by atoms with Gasteiger partial charge in [-0.25, -0.2) is 4.98 Å². The molecule has 0 spiro atoms. The number of rotatable bonds is 1. The maximum Gasteiger partial charge on any atom is 0.265 e. The molecule has 0 aliphatic carbocycles. The second kappa shape index (κ2) is 4.87. The molecule has 5 nitrogen and oxygen atoms in total. The van der Waals surface area contributed by atoms with Crippen LogP contribution in [-0.4, -0.2) is 22.8 Å². The van der Waals surface area contributed by atoms with Gasteiger partial charge in [0.2, 0.25) is 0 Å². The van der Waals surface area contributed by atoms with Crippen molar-refractivity contribution in [2.75, 3.05) is 13.2 Å². The Morgan fingerprint density at radius 3 is 2.68 bits per heavy atom. The third kappa shape index (κ3) is 1.94. The standard InChI is InChI=1S/C17H14N2O3/c1-11-18-14-5-3-2-4-13(14)17(20)19(11)12-6-7-15-16(10-12)22-9-8-21-15/h2-7,10H,8-9H2,1H3. The Bertz CT molecular complexity index is 931. The lowest BCUT2D eigenvalue weighted by molar-refractivity contribution is 0.171. The third-order valence-corrected chi connectivity index (χ3v) is 3.73. The lowest BCUT2D eigenvalue weighted by Gasteiger charge is -2.19. The molecule has 0 atom stereocenters. The molecule has 4 rings (SSSR count). The van der Waals surface area contributed by atoms with Crippen molar-refractivity contribution in [3.05, 3.63) is 58.6 Å². The quantitative estimate of drug-likeness (QED) is 0.692. The van der Waals surface area contributed by atoms with E-state index in [2.05, 4.69) is 4.98 Å². The average molecular weight is 294 g/mol. The van der Waals surface area contributed by atoms with Gasteiger partial charge in [0.05, 0.1) is 16.6 Å². The van der Waals surface area contributed by atoms with Crippen LogP contribution in [0.1, 0.15) is 5.82 Å². The van der Waals surface area contributed by atoms with Gasteiger partial charge in [-0.3, -0.25) is 9.36 Å². The first kappa shape index (κ1) is 12.9. The minimum Gasteiger partial charge on any atom is -0.486 e. The van der Waals surface area contributed by atoms with Crippen LogP contribution in [0.5, 0.6) is 11.5 Å². The molecule has 3 aromatic rings. The zero-order valence-electron chi connectivity index (χ0n) is 12.1. The van der Waals surface area contributed by atoms with E-state index in [0.717, 1.165) is 5.69 Å². The summed E-state index contributed by atoms with van der Waals surface area (Å²) in [6.07, 6.45) is 0. The molecular weight excluding hydrogens is 280 g/mol. The number of hydrogen-bond acceptors (Lipinski definition) is 4. The summed E-state index contributed by atoms with van der Waals surface area (Å²) in [6, 6.07) is 12.8. The van der Waals surface area contributed by atoms with Crippen LogP contribution >= 0.6 is 0 Å². The molecule has 1 aliphatic heterocycles. The van der Waals surface area contributed by atoms with Gasteiger partial charge < -0.3 is 9.47 Å². The van der Waals surface area contributed by atoms with Crippen molar-refractivity contribution in [1.29, 1.82) is 0 Å². The fraction of sp³-hybridized carbons (Fsp3) is 0.176. The number of benzene rings is 2. The highest BCUT2D eigenvalue weighted by molar-refractivity contribution is 5.77. The molecule has 0 saturated carbocycles. The lowest BCUT2D eigenvalue weighted by Crippen LogP contribution is -2.23. The van der Waals surface area contributed by atoms with Crippen LogP contribution in [0, 0.1) is 6.92 Å². The van der Waals surface area contributed by atoms with Gasteiger partial charge in [-0.1, -0.05) is 12.1 Å². The van der Waals surface area contributed by atoms with Crippen LogP contribution in [0.4, 0.5) is 0 Å². The highest BCUT2D eigenvalue weighted by Gasteiger charge is 2.15. The van der Waals surface area contributed by atoms with E-state index < -0.39 is 0 Å². The van der Waals surface area contributed by atoms with Crippen molar-refractivity contribution in [3.63, 3.8) is 0 Å². The summed E-state index contributed by atoms with van der Waals surface area (Å²) in [4.78, 5) is 17.3. The Kier molecular flexibility index (Phi) is 2.85. The molecule has 0 saturated heterocycles. The molecule has 0 unspecified atom stereocenters. The zero-order valence-corrected chi connectivity index (χ0v) is 12.1. The number of ether oxygens (including phenoxy) is 2. The van der Waals surface area contributed by atoms with Crippen LogP contribution in [0.15, 0.2) is 47.3 Å². The third-order valence-electron chi connectivity index (χ3n) is 3.73. The second-order valence-electron chi connectivity index (χ2n) is 5.14. The largest absolute Gasteiger partial charge is 0.486 e. The minimum atomic E-state index is -0.0835. The van der Waals surface area contributed by atoms with Crippen molar-refractivity contribution >= 4 is 10.9 Å². The van der Waals surface area contributed by atoms with E-state index >= 15 is 0 Å². The molecule has 0 N–H and O–H groups in total. The molecule has 110 valence electrons. The summed E-state index contributed by atoms with van der Waals surface area (Å²) in [5, 5.41) is 0.600. The van der Waals surface area contributed by atoms with Crippen molar-refractivity contribution in [2.24, 2.45) is 0 Å². The van der Waals surface area contributed by atoms with Crippen molar-refractivity contribution in [1.82, 2.24) is 9.55 Å². The highest BCUT2D eigenvalue weighted by Crippen LogP contribution is 2.32. The van der Waals surface area contributed by atoms with Crippen molar-refractivity contribution in [2.45, 2.75) is 6.92 Å². The van der Waals surface area contributed by atoms with Gasteiger partial charge >= 0.3 is 0 Å². The number of aryl methyl sites for hydroxylation is 1. The smallest absolute Gasteiger partial charge is 0.265 e. The molecule has 0 fully saturated rings. The van der Waals surface area contributed by atoms with E-state index in [-0.39, 0.29) is 5.56 Å². The van der Waals surface area contributed by atoms with Crippen LogP contribution in [0.25, 0.3) is 16.6 Å². The summed E-state index contributed by atoms with van der Waals surface area (Å²) < 4.78 is 12.7. The van der Waals surface area contributed by atoms with Gasteiger partial charge in [-0.05, 0) is 31.2 Å². The monoisotopic (exact) mass is 294 g/mol. The molecule has 2 heterocycles. The summed E-state index contributed by atoms with van der Waals surface area (Å²) in [5.74, 6) is 2.00. The molecule has 0 bridgehead atoms. The minimum absolute atomic E-state index is 0.0835. The van der Waals surface area contributed by atoms with Gasteiger partial charge in [-0.2, -0.15) is 0 Å². The van der Waals surface area contributed by atoms with Gasteiger partial charge in [0, 0.05) is 6.07 Å².